The highest BCUT2D eigenvalue weighted by atomic mass is 35.5. The molecule has 0 aliphatic rings. The topological polar surface area (TPSA) is 103 Å². The number of rotatable bonds is 5. The molecule has 2 aromatic heterocycles. The Bertz CT molecular complexity index is 1010. The predicted octanol–water partition coefficient (Wildman–Crippen LogP) is 1.56. The molecular weight excluding hydrogens is 383 g/mol. The lowest BCUT2D eigenvalue weighted by Gasteiger charge is -2.08. The minimum absolute atomic E-state index is 0.0600. The number of aromatic nitrogens is 4. The van der Waals surface area contributed by atoms with Crippen LogP contribution in [0.2, 0.25) is 10.0 Å². The van der Waals surface area contributed by atoms with Crippen molar-refractivity contribution >= 4 is 23.2 Å². The first-order chi connectivity index (χ1) is 12.3. The summed E-state index contributed by atoms with van der Waals surface area (Å²) in [6.07, 6.45) is 0.498. The summed E-state index contributed by atoms with van der Waals surface area (Å²) in [5.74, 6) is 0.305. The van der Waals surface area contributed by atoms with Crippen molar-refractivity contribution in [3.05, 3.63) is 78.6 Å². The third-order valence-corrected chi connectivity index (χ3v) is 4.23. The van der Waals surface area contributed by atoms with Crippen LogP contribution in [0.15, 0.2) is 44.6 Å². The molecule has 1 aromatic carbocycles. The normalized spacial score (nSPS) is 12.3. The number of aliphatic hydroxyl groups excluding tert-OH is 1. The van der Waals surface area contributed by atoms with Crippen molar-refractivity contribution in [1.82, 2.24) is 19.3 Å². The van der Waals surface area contributed by atoms with Gasteiger partial charge in [-0.2, -0.15) is 4.98 Å². The molecule has 0 fully saturated rings. The molecule has 0 bridgehead atoms. The molecule has 0 saturated heterocycles. The quantitative estimate of drug-likeness (QED) is 0.701. The first-order valence-corrected chi connectivity index (χ1v) is 8.31. The lowest BCUT2D eigenvalue weighted by molar-refractivity contribution is 0.174. The molecular formula is C16H14Cl2N4O4. The molecule has 1 N–H and O–H groups in total. The number of hydrogen-bond donors (Lipinski definition) is 1. The first-order valence-electron chi connectivity index (χ1n) is 7.56. The van der Waals surface area contributed by atoms with E-state index in [1.807, 2.05) is 0 Å². The SMILES string of the molecule is Cn1cc(Cl)c(=O)n(Cc2nc(CC(O)c3ccc(Cl)cc3)no2)c1=O. The fourth-order valence-electron chi connectivity index (χ4n) is 2.37. The van der Waals surface area contributed by atoms with Gasteiger partial charge in [0, 0.05) is 24.7 Å². The van der Waals surface area contributed by atoms with Gasteiger partial charge < -0.3 is 14.2 Å². The van der Waals surface area contributed by atoms with Crippen LogP contribution in [0.4, 0.5) is 0 Å². The number of aryl methyl sites for hydroxylation is 1. The van der Waals surface area contributed by atoms with Crippen molar-refractivity contribution in [3.8, 4) is 0 Å². The standard InChI is InChI=1S/C16H14Cl2N4O4/c1-21-7-11(18)15(24)22(16(21)25)8-14-19-13(20-26-14)6-12(23)9-2-4-10(17)5-3-9/h2-5,7,12,23H,6,8H2,1H3. The van der Waals surface area contributed by atoms with Crippen LogP contribution in [-0.2, 0) is 20.0 Å². The number of benzene rings is 1. The van der Waals surface area contributed by atoms with Crippen molar-refractivity contribution in [2.24, 2.45) is 7.05 Å². The first kappa shape index (κ1) is 18.4. The van der Waals surface area contributed by atoms with E-state index in [9.17, 15) is 14.7 Å². The van der Waals surface area contributed by atoms with Crippen LogP contribution in [0, 0.1) is 0 Å². The summed E-state index contributed by atoms with van der Waals surface area (Å²) in [5.41, 5.74) is -0.545. The summed E-state index contributed by atoms with van der Waals surface area (Å²) in [4.78, 5) is 28.2. The average molecular weight is 397 g/mol. The summed E-state index contributed by atoms with van der Waals surface area (Å²) >= 11 is 11.6. The Balaban J connectivity index is 1.78. The Morgan fingerprint density at radius 3 is 2.62 bits per heavy atom. The summed E-state index contributed by atoms with van der Waals surface area (Å²) in [5, 5.41) is 14.5. The Hall–Kier alpha value is -2.42. The van der Waals surface area contributed by atoms with Crippen LogP contribution < -0.4 is 11.2 Å². The highest BCUT2D eigenvalue weighted by Gasteiger charge is 2.16. The van der Waals surface area contributed by atoms with E-state index in [0.717, 1.165) is 4.57 Å². The van der Waals surface area contributed by atoms with E-state index >= 15 is 0 Å². The molecule has 26 heavy (non-hydrogen) atoms. The van der Waals surface area contributed by atoms with Gasteiger partial charge in [0.05, 0.1) is 6.10 Å². The lowest BCUT2D eigenvalue weighted by Crippen LogP contribution is -2.39. The molecule has 136 valence electrons. The summed E-state index contributed by atoms with van der Waals surface area (Å²) in [6.45, 7) is -0.212. The molecule has 2 heterocycles. The third kappa shape index (κ3) is 3.87. The van der Waals surface area contributed by atoms with Gasteiger partial charge in [0.15, 0.2) is 5.82 Å². The van der Waals surface area contributed by atoms with Crippen LogP contribution >= 0.6 is 23.2 Å². The lowest BCUT2D eigenvalue weighted by atomic mass is 10.1. The van der Waals surface area contributed by atoms with E-state index in [1.54, 1.807) is 24.3 Å². The molecule has 8 nitrogen and oxygen atoms in total. The Morgan fingerprint density at radius 1 is 1.23 bits per heavy atom. The van der Waals surface area contributed by atoms with Gasteiger partial charge in [0.25, 0.3) is 5.56 Å². The van der Waals surface area contributed by atoms with Crippen LogP contribution in [0.3, 0.4) is 0 Å². The summed E-state index contributed by atoms with van der Waals surface area (Å²) < 4.78 is 7.15. The van der Waals surface area contributed by atoms with E-state index in [4.69, 9.17) is 27.7 Å². The highest BCUT2D eigenvalue weighted by molar-refractivity contribution is 6.30. The van der Waals surface area contributed by atoms with Gasteiger partial charge in [0.1, 0.15) is 11.6 Å². The van der Waals surface area contributed by atoms with E-state index < -0.39 is 17.4 Å². The smallest absolute Gasteiger partial charge is 0.331 e. The fourth-order valence-corrected chi connectivity index (χ4v) is 2.75. The maximum Gasteiger partial charge on any atom is 0.331 e. The highest BCUT2D eigenvalue weighted by Crippen LogP contribution is 2.19. The second-order valence-electron chi connectivity index (χ2n) is 5.64. The van der Waals surface area contributed by atoms with Crippen LogP contribution in [0.1, 0.15) is 23.4 Å². The van der Waals surface area contributed by atoms with Gasteiger partial charge in [-0.15, -0.1) is 0 Å². The van der Waals surface area contributed by atoms with Gasteiger partial charge in [-0.1, -0.05) is 40.5 Å². The van der Waals surface area contributed by atoms with E-state index in [0.29, 0.717) is 10.6 Å². The van der Waals surface area contributed by atoms with Crippen molar-refractivity contribution in [3.63, 3.8) is 0 Å². The van der Waals surface area contributed by atoms with Gasteiger partial charge in [-0.25, -0.2) is 9.36 Å². The molecule has 10 heteroatoms. The minimum atomic E-state index is -0.848. The number of aliphatic hydroxyl groups is 1. The maximum atomic E-state index is 12.1. The van der Waals surface area contributed by atoms with Crippen molar-refractivity contribution in [1.29, 1.82) is 0 Å². The largest absolute Gasteiger partial charge is 0.388 e. The van der Waals surface area contributed by atoms with Crippen LogP contribution in [-0.4, -0.2) is 24.4 Å². The van der Waals surface area contributed by atoms with Crippen molar-refractivity contribution < 1.29 is 9.63 Å². The Morgan fingerprint density at radius 2 is 1.92 bits per heavy atom. The zero-order valence-electron chi connectivity index (χ0n) is 13.6. The molecule has 1 atom stereocenters. The van der Waals surface area contributed by atoms with E-state index in [2.05, 4.69) is 10.1 Å². The molecule has 3 aromatic rings. The minimum Gasteiger partial charge on any atom is -0.388 e. The van der Waals surface area contributed by atoms with Crippen molar-refractivity contribution in [2.45, 2.75) is 19.1 Å². The Kier molecular flexibility index (Phi) is 5.26. The molecule has 0 spiro atoms. The van der Waals surface area contributed by atoms with E-state index in [-0.39, 0.29) is 29.7 Å². The number of halogens is 2. The maximum absolute atomic E-state index is 12.1. The molecule has 1 unspecified atom stereocenters. The fraction of sp³-hybridized carbons (Fsp3) is 0.250. The summed E-state index contributed by atoms with van der Waals surface area (Å²) in [7, 11) is 1.48. The third-order valence-electron chi connectivity index (χ3n) is 3.72. The molecule has 0 radical (unpaired) electrons. The second kappa shape index (κ2) is 7.45. The number of hydrogen-bond acceptors (Lipinski definition) is 6. The van der Waals surface area contributed by atoms with Gasteiger partial charge in [-0.3, -0.25) is 4.79 Å². The van der Waals surface area contributed by atoms with Crippen LogP contribution in [0.5, 0.6) is 0 Å². The average Bonchev–Trinajstić information content (AvgIpc) is 3.04. The van der Waals surface area contributed by atoms with Crippen LogP contribution in [0.25, 0.3) is 0 Å². The zero-order valence-corrected chi connectivity index (χ0v) is 15.1. The monoisotopic (exact) mass is 396 g/mol. The molecule has 0 aliphatic heterocycles. The van der Waals surface area contributed by atoms with E-state index in [1.165, 1.54) is 17.8 Å². The molecule has 0 saturated carbocycles. The number of nitrogens with zero attached hydrogens (tertiary/aromatic N) is 4. The predicted molar refractivity (Wildman–Crippen MR) is 94.5 cm³/mol. The molecule has 3 rings (SSSR count). The zero-order chi connectivity index (χ0) is 18.8. The van der Waals surface area contributed by atoms with Gasteiger partial charge in [-0.05, 0) is 17.7 Å². The molecule has 0 amide bonds. The molecule has 0 aliphatic carbocycles. The Labute approximate surface area is 157 Å². The summed E-state index contributed by atoms with van der Waals surface area (Å²) in [6, 6.07) is 6.73. The van der Waals surface area contributed by atoms with Gasteiger partial charge >= 0.3 is 5.69 Å². The van der Waals surface area contributed by atoms with Crippen molar-refractivity contribution in [2.75, 3.05) is 0 Å². The van der Waals surface area contributed by atoms with Gasteiger partial charge in [0.2, 0.25) is 5.89 Å². The second-order valence-corrected chi connectivity index (χ2v) is 6.48.